The lowest BCUT2D eigenvalue weighted by atomic mass is 10.1. The molecule has 0 unspecified atom stereocenters. The van der Waals surface area contributed by atoms with E-state index in [9.17, 15) is 4.79 Å². The second kappa shape index (κ2) is 5.89. The fourth-order valence-electron chi connectivity index (χ4n) is 2.61. The maximum Gasteiger partial charge on any atom is 0.353 e. The van der Waals surface area contributed by atoms with Crippen molar-refractivity contribution in [2.75, 3.05) is 5.73 Å². The van der Waals surface area contributed by atoms with E-state index in [1.165, 1.54) is 5.56 Å². The SMILES string of the molecule is NC(=O)CCc1ccc2c(c1)[nH]c(N)[n+]2Cc1ccccc1. The molecule has 0 bridgehead atoms. The van der Waals surface area contributed by atoms with Crippen molar-refractivity contribution < 1.29 is 9.36 Å². The summed E-state index contributed by atoms with van der Waals surface area (Å²) in [7, 11) is 0. The number of H-pyrrole nitrogens is 1. The molecule has 5 heteroatoms. The van der Waals surface area contributed by atoms with E-state index in [1.54, 1.807) is 0 Å². The van der Waals surface area contributed by atoms with Gasteiger partial charge in [-0.15, -0.1) is 0 Å². The number of carbonyl (C=O) groups is 1. The van der Waals surface area contributed by atoms with Gasteiger partial charge < -0.3 is 5.73 Å². The van der Waals surface area contributed by atoms with Gasteiger partial charge in [-0.3, -0.25) is 10.5 Å². The van der Waals surface area contributed by atoms with Crippen molar-refractivity contribution in [1.82, 2.24) is 4.98 Å². The van der Waals surface area contributed by atoms with E-state index in [-0.39, 0.29) is 5.91 Å². The Hall–Kier alpha value is -2.82. The van der Waals surface area contributed by atoms with Crippen molar-refractivity contribution in [3.63, 3.8) is 0 Å². The van der Waals surface area contributed by atoms with Crippen LogP contribution in [0.4, 0.5) is 5.95 Å². The second-order valence-electron chi connectivity index (χ2n) is 5.40. The Morgan fingerprint density at radius 2 is 1.86 bits per heavy atom. The number of nitrogens with one attached hydrogen (secondary N) is 1. The van der Waals surface area contributed by atoms with Gasteiger partial charge in [-0.2, -0.15) is 0 Å². The maximum atomic E-state index is 10.9. The van der Waals surface area contributed by atoms with E-state index in [2.05, 4.69) is 17.1 Å². The van der Waals surface area contributed by atoms with E-state index in [1.807, 2.05) is 41.0 Å². The number of aromatic amines is 1. The number of rotatable bonds is 5. The molecule has 0 saturated carbocycles. The summed E-state index contributed by atoms with van der Waals surface area (Å²) in [6.45, 7) is 0.716. The third-order valence-corrected chi connectivity index (χ3v) is 3.75. The van der Waals surface area contributed by atoms with E-state index in [0.717, 1.165) is 16.6 Å². The van der Waals surface area contributed by atoms with E-state index in [4.69, 9.17) is 11.5 Å². The van der Waals surface area contributed by atoms with Crippen LogP contribution in [0.3, 0.4) is 0 Å². The average Bonchev–Trinajstić information content (AvgIpc) is 2.81. The van der Waals surface area contributed by atoms with Gasteiger partial charge in [-0.05, 0) is 29.7 Å². The van der Waals surface area contributed by atoms with E-state index >= 15 is 0 Å². The van der Waals surface area contributed by atoms with Crippen LogP contribution in [-0.2, 0) is 17.8 Å². The minimum Gasteiger partial charge on any atom is -0.370 e. The standard InChI is InChI=1S/C17H18N4O/c18-16(22)9-7-12-6-8-15-14(10-12)20-17(19)21(15)11-13-4-2-1-3-5-13/h1-6,8,10H,7,9,11H2,(H4,18,19,20,22)/p+1. The Morgan fingerprint density at radius 1 is 1.09 bits per heavy atom. The fraction of sp³-hybridized carbons (Fsp3) is 0.176. The predicted molar refractivity (Wildman–Crippen MR) is 86.0 cm³/mol. The molecule has 0 aliphatic heterocycles. The number of amides is 1. The van der Waals surface area contributed by atoms with E-state index < -0.39 is 0 Å². The molecule has 0 radical (unpaired) electrons. The van der Waals surface area contributed by atoms with Crippen LogP contribution < -0.4 is 16.0 Å². The highest BCUT2D eigenvalue weighted by atomic mass is 16.1. The van der Waals surface area contributed by atoms with Gasteiger partial charge in [0.2, 0.25) is 5.91 Å². The molecule has 5 nitrogen and oxygen atoms in total. The molecule has 0 fully saturated rings. The Morgan fingerprint density at radius 3 is 2.59 bits per heavy atom. The zero-order valence-corrected chi connectivity index (χ0v) is 12.3. The van der Waals surface area contributed by atoms with Crippen molar-refractivity contribution in [1.29, 1.82) is 0 Å². The zero-order chi connectivity index (χ0) is 15.5. The van der Waals surface area contributed by atoms with Gasteiger partial charge in [-0.25, -0.2) is 9.55 Å². The molecule has 0 aliphatic carbocycles. The normalized spacial score (nSPS) is 10.9. The molecule has 3 rings (SSSR count). The number of nitrogen functional groups attached to an aromatic ring is 1. The third-order valence-electron chi connectivity index (χ3n) is 3.75. The first kappa shape index (κ1) is 14.1. The third kappa shape index (κ3) is 2.93. The number of benzene rings is 2. The lowest BCUT2D eigenvalue weighted by Gasteiger charge is -2.02. The number of nitrogens with two attached hydrogens (primary N) is 2. The number of aryl methyl sites for hydroxylation is 1. The van der Waals surface area contributed by atoms with Crippen LogP contribution >= 0.6 is 0 Å². The number of hydrogen-bond donors (Lipinski definition) is 3. The van der Waals surface area contributed by atoms with E-state index in [0.29, 0.717) is 25.3 Å². The molecule has 2 aromatic carbocycles. The highest BCUT2D eigenvalue weighted by molar-refractivity contribution is 5.75. The molecule has 0 atom stereocenters. The summed E-state index contributed by atoms with van der Waals surface area (Å²) in [5, 5.41) is 0. The summed E-state index contributed by atoms with van der Waals surface area (Å²) in [5.74, 6) is 0.330. The van der Waals surface area contributed by atoms with Crippen molar-refractivity contribution in [3.05, 3.63) is 59.7 Å². The molecule has 0 saturated heterocycles. The van der Waals surface area contributed by atoms with Crippen molar-refractivity contribution >= 4 is 22.9 Å². The van der Waals surface area contributed by atoms with Crippen molar-refractivity contribution in [3.8, 4) is 0 Å². The van der Waals surface area contributed by atoms with Crippen LogP contribution in [-0.4, -0.2) is 10.9 Å². The first-order valence-electron chi connectivity index (χ1n) is 7.25. The quantitative estimate of drug-likeness (QED) is 0.623. The van der Waals surface area contributed by atoms with Gasteiger partial charge in [0.1, 0.15) is 11.0 Å². The largest absolute Gasteiger partial charge is 0.370 e. The topological polar surface area (TPSA) is 88.8 Å². The molecule has 1 amide bonds. The average molecular weight is 295 g/mol. The maximum absolute atomic E-state index is 10.9. The Kier molecular flexibility index (Phi) is 3.78. The highest BCUT2D eigenvalue weighted by Gasteiger charge is 2.15. The fourth-order valence-corrected chi connectivity index (χ4v) is 2.61. The Bertz CT molecular complexity index is 808. The van der Waals surface area contributed by atoms with Gasteiger partial charge in [0.15, 0.2) is 0 Å². The Labute approximate surface area is 128 Å². The summed E-state index contributed by atoms with van der Waals surface area (Å²) in [6, 6.07) is 16.3. The molecule has 112 valence electrons. The van der Waals surface area contributed by atoms with Crippen LogP contribution in [0.2, 0.25) is 0 Å². The minimum absolute atomic E-state index is 0.287. The van der Waals surface area contributed by atoms with Gasteiger partial charge >= 0.3 is 5.95 Å². The van der Waals surface area contributed by atoms with Gasteiger partial charge in [-0.1, -0.05) is 36.4 Å². The monoisotopic (exact) mass is 295 g/mol. The molecule has 0 spiro atoms. The van der Waals surface area contributed by atoms with Gasteiger partial charge in [0, 0.05) is 6.42 Å². The lowest BCUT2D eigenvalue weighted by Crippen LogP contribution is -2.36. The zero-order valence-electron chi connectivity index (χ0n) is 12.3. The molecule has 3 aromatic rings. The summed E-state index contributed by atoms with van der Waals surface area (Å²) < 4.78 is 2.04. The molecular formula is C17H19N4O+. The van der Waals surface area contributed by atoms with Crippen molar-refractivity contribution in [2.24, 2.45) is 5.73 Å². The number of anilines is 1. The van der Waals surface area contributed by atoms with Crippen LogP contribution in [0.25, 0.3) is 11.0 Å². The predicted octanol–water partition coefficient (Wildman–Crippen LogP) is 1.50. The van der Waals surface area contributed by atoms with Crippen molar-refractivity contribution in [2.45, 2.75) is 19.4 Å². The number of aromatic nitrogens is 2. The number of carbonyl (C=O) groups excluding carboxylic acids is 1. The van der Waals surface area contributed by atoms with Crippen LogP contribution in [0.5, 0.6) is 0 Å². The number of imidazole rings is 1. The summed E-state index contributed by atoms with van der Waals surface area (Å²) in [5.41, 5.74) is 15.6. The lowest BCUT2D eigenvalue weighted by molar-refractivity contribution is -0.647. The molecular weight excluding hydrogens is 276 g/mol. The van der Waals surface area contributed by atoms with Gasteiger partial charge in [0.05, 0.1) is 6.54 Å². The summed E-state index contributed by atoms with van der Waals surface area (Å²) >= 11 is 0. The molecule has 0 aliphatic rings. The minimum atomic E-state index is -0.287. The smallest absolute Gasteiger partial charge is 0.353 e. The van der Waals surface area contributed by atoms with Crippen LogP contribution in [0, 0.1) is 0 Å². The second-order valence-corrected chi connectivity index (χ2v) is 5.40. The molecule has 1 aromatic heterocycles. The number of hydrogen-bond acceptors (Lipinski definition) is 2. The molecule has 22 heavy (non-hydrogen) atoms. The highest BCUT2D eigenvalue weighted by Crippen LogP contribution is 2.15. The Balaban J connectivity index is 1.91. The number of nitrogens with zero attached hydrogens (tertiary/aromatic N) is 1. The summed E-state index contributed by atoms with van der Waals surface area (Å²) in [6.07, 6.45) is 0.995. The van der Waals surface area contributed by atoms with Crippen LogP contribution in [0.15, 0.2) is 48.5 Å². The summed E-state index contributed by atoms with van der Waals surface area (Å²) in [4.78, 5) is 14.1. The molecule has 5 N–H and O–H groups in total. The first-order valence-corrected chi connectivity index (χ1v) is 7.25. The first-order chi connectivity index (χ1) is 10.6. The van der Waals surface area contributed by atoms with Gasteiger partial charge in [0.25, 0.3) is 0 Å². The number of primary amides is 1. The van der Waals surface area contributed by atoms with Crippen LogP contribution in [0.1, 0.15) is 17.5 Å². The number of fused-ring (bicyclic) bond motifs is 1. The molecule has 1 heterocycles.